The second-order valence-electron chi connectivity index (χ2n) is 3.19. The lowest BCUT2D eigenvalue weighted by Crippen LogP contribution is -2.14. The van der Waals surface area contributed by atoms with Gasteiger partial charge in [0, 0.05) is 10.3 Å². The number of para-hydroxylation sites is 1. The molecule has 6 nitrogen and oxygen atoms in total. The molecule has 16 heavy (non-hydrogen) atoms. The molecule has 0 atom stereocenters. The summed E-state index contributed by atoms with van der Waals surface area (Å²) in [5, 5.41) is 22.7. The fourth-order valence-electron chi connectivity index (χ4n) is 1.41. The Morgan fingerprint density at radius 2 is 2.25 bits per heavy atom. The van der Waals surface area contributed by atoms with E-state index in [-0.39, 0.29) is 11.5 Å². The van der Waals surface area contributed by atoms with E-state index in [1.807, 2.05) is 12.1 Å². The van der Waals surface area contributed by atoms with Crippen LogP contribution in [0.25, 0.3) is 11.0 Å². The highest BCUT2D eigenvalue weighted by molar-refractivity contribution is 6.01. The molecular weight excluding hydrogens is 212 g/mol. The number of oxime groups is 1. The van der Waals surface area contributed by atoms with Crippen molar-refractivity contribution in [3.8, 4) is 0 Å². The lowest BCUT2D eigenvalue weighted by Gasteiger charge is -1.93. The number of rotatable bonds is 3. The van der Waals surface area contributed by atoms with Crippen molar-refractivity contribution in [2.75, 3.05) is 6.54 Å². The summed E-state index contributed by atoms with van der Waals surface area (Å²) in [4.78, 5) is 9.75. The highest BCUT2D eigenvalue weighted by atomic mass is 16.6. The minimum absolute atomic E-state index is 0.0961. The number of nitro groups is 1. The lowest BCUT2D eigenvalue weighted by molar-refractivity contribution is -0.463. The van der Waals surface area contributed by atoms with Gasteiger partial charge in [0.2, 0.25) is 0 Å². The number of nitrogens with zero attached hydrogens (tertiary/aromatic N) is 2. The number of hydrogen-bond acceptors (Lipinski definition) is 5. The molecule has 0 radical (unpaired) electrons. The van der Waals surface area contributed by atoms with Crippen LogP contribution in [0.5, 0.6) is 0 Å². The number of hydrogen-bond donors (Lipinski definition) is 1. The molecule has 1 heterocycles. The Kier molecular flexibility index (Phi) is 2.55. The summed E-state index contributed by atoms with van der Waals surface area (Å²) in [6.07, 6.45) is 0. The van der Waals surface area contributed by atoms with Gasteiger partial charge in [-0.1, -0.05) is 23.4 Å². The zero-order chi connectivity index (χ0) is 11.5. The summed E-state index contributed by atoms with van der Waals surface area (Å²) in [6, 6.07) is 8.77. The standard InChI is InChI=1S/C10H8N2O4/c13-11-8(6-12(14)15)10-5-7-3-1-2-4-9(7)16-10/h1-5,13H,6H2/b11-8-. The van der Waals surface area contributed by atoms with Gasteiger partial charge < -0.3 is 9.62 Å². The predicted octanol–water partition coefficient (Wildman–Crippen LogP) is 1.89. The Labute approximate surface area is 89.9 Å². The van der Waals surface area contributed by atoms with Gasteiger partial charge in [0.1, 0.15) is 5.58 Å². The summed E-state index contributed by atoms with van der Waals surface area (Å²) >= 11 is 0. The molecule has 0 fully saturated rings. The Bertz CT molecular complexity index is 526. The van der Waals surface area contributed by atoms with Crippen molar-refractivity contribution in [1.82, 2.24) is 0 Å². The van der Waals surface area contributed by atoms with Crippen molar-refractivity contribution in [2.45, 2.75) is 0 Å². The molecule has 2 aromatic rings. The van der Waals surface area contributed by atoms with E-state index in [1.165, 1.54) is 0 Å². The van der Waals surface area contributed by atoms with Crippen molar-refractivity contribution in [3.05, 3.63) is 46.2 Å². The molecule has 1 N–H and O–H groups in total. The molecule has 0 aliphatic carbocycles. The van der Waals surface area contributed by atoms with Crippen LogP contribution < -0.4 is 0 Å². The van der Waals surface area contributed by atoms with Crippen molar-refractivity contribution in [1.29, 1.82) is 0 Å². The normalized spacial score (nSPS) is 11.9. The van der Waals surface area contributed by atoms with E-state index < -0.39 is 11.5 Å². The third-order valence-electron chi connectivity index (χ3n) is 2.11. The Morgan fingerprint density at radius 1 is 1.50 bits per heavy atom. The van der Waals surface area contributed by atoms with Crippen molar-refractivity contribution < 1.29 is 14.5 Å². The third-order valence-corrected chi connectivity index (χ3v) is 2.11. The van der Waals surface area contributed by atoms with E-state index in [0.29, 0.717) is 5.58 Å². The maximum atomic E-state index is 10.3. The van der Waals surface area contributed by atoms with Gasteiger partial charge in [-0.25, -0.2) is 0 Å². The van der Waals surface area contributed by atoms with Gasteiger partial charge >= 0.3 is 0 Å². The van der Waals surface area contributed by atoms with Gasteiger partial charge in [-0.15, -0.1) is 0 Å². The first-order valence-corrected chi connectivity index (χ1v) is 4.52. The molecule has 0 amide bonds. The highest BCUT2D eigenvalue weighted by Gasteiger charge is 2.16. The summed E-state index contributed by atoms with van der Waals surface area (Å²) in [5.41, 5.74) is 0.503. The smallest absolute Gasteiger partial charge is 0.252 e. The number of furan rings is 1. The van der Waals surface area contributed by atoms with Gasteiger partial charge in [-0.05, 0) is 12.1 Å². The summed E-state index contributed by atoms with van der Waals surface area (Å²) in [7, 11) is 0. The van der Waals surface area contributed by atoms with E-state index in [9.17, 15) is 10.1 Å². The molecule has 0 bridgehead atoms. The van der Waals surface area contributed by atoms with E-state index in [2.05, 4.69) is 5.16 Å². The topological polar surface area (TPSA) is 88.9 Å². The van der Waals surface area contributed by atoms with Gasteiger partial charge in [-0.2, -0.15) is 0 Å². The Morgan fingerprint density at radius 3 is 2.88 bits per heavy atom. The molecule has 1 aromatic carbocycles. The minimum Gasteiger partial charge on any atom is -0.454 e. The first kappa shape index (κ1) is 10.2. The predicted molar refractivity (Wildman–Crippen MR) is 56.4 cm³/mol. The van der Waals surface area contributed by atoms with Crippen LogP contribution in [-0.2, 0) is 0 Å². The number of fused-ring (bicyclic) bond motifs is 1. The zero-order valence-electron chi connectivity index (χ0n) is 8.16. The first-order valence-electron chi connectivity index (χ1n) is 4.52. The summed E-state index contributed by atoms with van der Waals surface area (Å²) in [5.74, 6) is 0.209. The minimum atomic E-state index is -0.581. The number of benzene rings is 1. The molecule has 0 saturated heterocycles. The molecule has 2 rings (SSSR count). The average molecular weight is 220 g/mol. The molecule has 1 aromatic heterocycles. The fraction of sp³-hybridized carbons (Fsp3) is 0.100. The van der Waals surface area contributed by atoms with Crippen LogP contribution in [0.15, 0.2) is 39.9 Å². The average Bonchev–Trinajstić information content (AvgIpc) is 2.68. The van der Waals surface area contributed by atoms with Crippen LogP contribution in [-0.4, -0.2) is 22.4 Å². The largest absolute Gasteiger partial charge is 0.454 e. The van der Waals surface area contributed by atoms with Gasteiger partial charge in [-0.3, -0.25) is 10.1 Å². The summed E-state index contributed by atoms with van der Waals surface area (Å²) in [6.45, 7) is -0.573. The fourth-order valence-corrected chi connectivity index (χ4v) is 1.41. The van der Waals surface area contributed by atoms with Gasteiger partial charge in [0.05, 0.1) is 0 Å². The molecule has 0 aliphatic heterocycles. The van der Waals surface area contributed by atoms with Crippen molar-refractivity contribution in [2.24, 2.45) is 5.16 Å². The van der Waals surface area contributed by atoms with E-state index in [1.54, 1.807) is 18.2 Å². The SMILES string of the molecule is O=[N+]([O-])C/C(=N/O)c1cc2ccccc2o1. The van der Waals surface area contributed by atoms with Gasteiger partial charge in [0.15, 0.2) is 11.5 Å². The second kappa shape index (κ2) is 4.01. The molecule has 0 saturated carbocycles. The maximum absolute atomic E-state index is 10.3. The summed E-state index contributed by atoms with van der Waals surface area (Å²) < 4.78 is 5.33. The van der Waals surface area contributed by atoms with Crippen molar-refractivity contribution >= 4 is 16.7 Å². The Balaban J connectivity index is 2.42. The third kappa shape index (κ3) is 1.85. The van der Waals surface area contributed by atoms with E-state index >= 15 is 0 Å². The van der Waals surface area contributed by atoms with Crippen LogP contribution >= 0.6 is 0 Å². The van der Waals surface area contributed by atoms with Gasteiger partial charge in [0.25, 0.3) is 6.54 Å². The maximum Gasteiger partial charge on any atom is 0.252 e. The lowest BCUT2D eigenvalue weighted by atomic mass is 10.2. The zero-order valence-corrected chi connectivity index (χ0v) is 8.16. The molecule has 82 valence electrons. The highest BCUT2D eigenvalue weighted by Crippen LogP contribution is 2.19. The van der Waals surface area contributed by atoms with Crippen molar-refractivity contribution in [3.63, 3.8) is 0 Å². The molecule has 0 spiro atoms. The van der Waals surface area contributed by atoms with Crippen LogP contribution in [0.1, 0.15) is 5.76 Å². The van der Waals surface area contributed by atoms with E-state index in [4.69, 9.17) is 9.62 Å². The van der Waals surface area contributed by atoms with Crippen LogP contribution in [0.2, 0.25) is 0 Å². The first-order chi connectivity index (χ1) is 7.70. The molecule has 0 aliphatic rings. The van der Waals surface area contributed by atoms with Crippen LogP contribution in [0.3, 0.4) is 0 Å². The quantitative estimate of drug-likeness (QED) is 0.370. The van der Waals surface area contributed by atoms with E-state index in [0.717, 1.165) is 5.39 Å². The molecule has 6 heteroatoms. The van der Waals surface area contributed by atoms with Crippen LogP contribution in [0, 0.1) is 10.1 Å². The molecule has 0 unspecified atom stereocenters. The monoisotopic (exact) mass is 220 g/mol. The Hall–Kier alpha value is -2.37. The second-order valence-corrected chi connectivity index (χ2v) is 3.19. The molecular formula is C10H8N2O4. The van der Waals surface area contributed by atoms with Crippen LogP contribution in [0.4, 0.5) is 0 Å².